The molecule has 0 aliphatic carbocycles. The molecule has 20 heavy (non-hydrogen) atoms. The number of aliphatic hydroxyl groups is 1. The van der Waals surface area contributed by atoms with Gasteiger partial charge in [0.05, 0.1) is 11.3 Å². The first-order valence-corrected chi connectivity index (χ1v) is 9.07. The van der Waals surface area contributed by atoms with Crippen LogP contribution in [0.1, 0.15) is 13.8 Å². The van der Waals surface area contributed by atoms with E-state index in [4.69, 9.17) is 5.73 Å². The van der Waals surface area contributed by atoms with E-state index in [2.05, 4.69) is 31.9 Å². The second-order valence-corrected chi connectivity index (χ2v) is 8.98. The summed E-state index contributed by atoms with van der Waals surface area (Å²) >= 11 is 6.50. The molecule has 1 saturated heterocycles. The zero-order valence-corrected chi connectivity index (χ0v) is 15.1. The number of hydrogen-bond donors (Lipinski definition) is 2. The van der Waals surface area contributed by atoms with E-state index < -0.39 is 15.6 Å². The molecule has 0 bridgehead atoms. The van der Waals surface area contributed by atoms with Gasteiger partial charge < -0.3 is 10.8 Å². The molecule has 1 fully saturated rings. The molecule has 2 rings (SSSR count). The highest BCUT2D eigenvalue weighted by Gasteiger charge is 2.49. The predicted octanol–water partition coefficient (Wildman–Crippen LogP) is 2.19. The lowest BCUT2D eigenvalue weighted by Gasteiger charge is -2.48. The number of halogens is 2. The highest BCUT2D eigenvalue weighted by atomic mass is 79.9. The van der Waals surface area contributed by atoms with Crippen LogP contribution in [0.2, 0.25) is 0 Å². The van der Waals surface area contributed by atoms with Crippen molar-refractivity contribution in [1.29, 1.82) is 0 Å². The SMILES string of the molecule is CC(C)C1(O)CN(S(=O)(=O)c2c(N)cc(Br)cc2Br)C1. The highest BCUT2D eigenvalue weighted by molar-refractivity contribution is 9.11. The van der Waals surface area contributed by atoms with E-state index in [1.54, 1.807) is 12.1 Å². The minimum absolute atomic E-state index is 0.000319. The van der Waals surface area contributed by atoms with E-state index in [-0.39, 0.29) is 29.6 Å². The summed E-state index contributed by atoms with van der Waals surface area (Å²) in [6.07, 6.45) is 0. The molecule has 0 spiro atoms. The number of benzene rings is 1. The van der Waals surface area contributed by atoms with Crippen LogP contribution in [0.3, 0.4) is 0 Å². The Labute approximate surface area is 135 Å². The van der Waals surface area contributed by atoms with Crippen LogP contribution in [-0.2, 0) is 10.0 Å². The fraction of sp³-hybridized carbons (Fsp3) is 0.500. The van der Waals surface area contributed by atoms with Crippen molar-refractivity contribution in [2.45, 2.75) is 24.3 Å². The molecule has 3 N–H and O–H groups in total. The van der Waals surface area contributed by atoms with Gasteiger partial charge in [0.2, 0.25) is 10.0 Å². The lowest BCUT2D eigenvalue weighted by atomic mass is 9.85. The molecule has 0 amide bonds. The Morgan fingerprint density at radius 1 is 1.35 bits per heavy atom. The topological polar surface area (TPSA) is 83.6 Å². The fourth-order valence-corrected chi connectivity index (χ4v) is 5.66. The van der Waals surface area contributed by atoms with Crippen molar-refractivity contribution in [1.82, 2.24) is 4.31 Å². The van der Waals surface area contributed by atoms with Crippen molar-refractivity contribution < 1.29 is 13.5 Å². The Morgan fingerprint density at radius 2 is 1.90 bits per heavy atom. The van der Waals surface area contributed by atoms with Gasteiger partial charge in [-0.15, -0.1) is 0 Å². The number of rotatable bonds is 3. The van der Waals surface area contributed by atoms with Gasteiger partial charge in [-0.1, -0.05) is 29.8 Å². The summed E-state index contributed by atoms with van der Waals surface area (Å²) in [5.41, 5.74) is 5.04. The van der Waals surface area contributed by atoms with Crippen LogP contribution in [0.25, 0.3) is 0 Å². The zero-order valence-electron chi connectivity index (χ0n) is 11.1. The van der Waals surface area contributed by atoms with E-state index in [1.807, 2.05) is 13.8 Å². The summed E-state index contributed by atoms with van der Waals surface area (Å²) in [5.74, 6) is -0.000319. The largest absolute Gasteiger partial charge is 0.398 e. The van der Waals surface area contributed by atoms with Gasteiger partial charge in [0.1, 0.15) is 4.90 Å². The maximum atomic E-state index is 12.6. The third-order valence-electron chi connectivity index (χ3n) is 3.61. The van der Waals surface area contributed by atoms with Crippen LogP contribution < -0.4 is 5.73 Å². The van der Waals surface area contributed by atoms with E-state index in [9.17, 15) is 13.5 Å². The van der Waals surface area contributed by atoms with Crippen LogP contribution in [0, 0.1) is 5.92 Å². The Hall–Kier alpha value is -0.150. The van der Waals surface area contributed by atoms with Gasteiger partial charge in [0, 0.05) is 22.0 Å². The van der Waals surface area contributed by atoms with E-state index in [0.29, 0.717) is 8.95 Å². The molecule has 1 aromatic carbocycles. The lowest BCUT2D eigenvalue weighted by Crippen LogP contribution is -2.65. The first-order chi connectivity index (χ1) is 9.08. The lowest BCUT2D eigenvalue weighted by molar-refractivity contribution is -0.0932. The molecule has 112 valence electrons. The van der Waals surface area contributed by atoms with Crippen LogP contribution in [0.15, 0.2) is 26.0 Å². The molecule has 8 heteroatoms. The van der Waals surface area contributed by atoms with Crippen molar-refractivity contribution in [3.05, 3.63) is 21.1 Å². The van der Waals surface area contributed by atoms with Crippen LogP contribution in [-0.4, -0.2) is 36.5 Å². The maximum Gasteiger partial charge on any atom is 0.246 e. The van der Waals surface area contributed by atoms with Gasteiger partial charge >= 0.3 is 0 Å². The number of nitrogen functional groups attached to an aromatic ring is 1. The molecule has 1 aliphatic heterocycles. The second kappa shape index (κ2) is 5.24. The molecular weight excluding hydrogens is 412 g/mol. The first-order valence-electron chi connectivity index (χ1n) is 6.05. The molecule has 0 aromatic heterocycles. The minimum Gasteiger partial charge on any atom is -0.398 e. The first kappa shape index (κ1) is 16.2. The summed E-state index contributed by atoms with van der Waals surface area (Å²) in [6.45, 7) is 3.92. The average Bonchev–Trinajstić information content (AvgIpc) is 2.22. The van der Waals surface area contributed by atoms with Crippen molar-refractivity contribution in [2.75, 3.05) is 18.8 Å². The number of nitrogens with zero attached hydrogens (tertiary/aromatic N) is 1. The highest BCUT2D eigenvalue weighted by Crippen LogP contribution is 2.38. The van der Waals surface area contributed by atoms with Crippen molar-refractivity contribution in [2.24, 2.45) is 5.92 Å². The van der Waals surface area contributed by atoms with Crippen molar-refractivity contribution >= 4 is 47.6 Å². The number of hydrogen-bond acceptors (Lipinski definition) is 4. The quantitative estimate of drug-likeness (QED) is 0.724. The van der Waals surface area contributed by atoms with Gasteiger partial charge in [-0.05, 0) is 34.0 Å². The molecule has 0 unspecified atom stereocenters. The molecular formula is C12H16Br2N2O3S. The molecule has 0 atom stereocenters. The maximum absolute atomic E-state index is 12.6. The van der Waals surface area contributed by atoms with Gasteiger partial charge in [-0.3, -0.25) is 0 Å². The van der Waals surface area contributed by atoms with Gasteiger partial charge in [0.25, 0.3) is 0 Å². The van der Waals surface area contributed by atoms with Crippen LogP contribution in [0.5, 0.6) is 0 Å². The fourth-order valence-electron chi connectivity index (χ4n) is 2.08. The second-order valence-electron chi connectivity index (χ2n) is 5.34. The Bertz CT molecular complexity index is 617. The molecule has 1 heterocycles. The molecule has 1 aromatic rings. The van der Waals surface area contributed by atoms with Crippen LogP contribution in [0.4, 0.5) is 5.69 Å². The average molecular weight is 428 g/mol. The predicted molar refractivity (Wildman–Crippen MR) is 84.8 cm³/mol. The molecule has 0 radical (unpaired) electrons. The van der Waals surface area contributed by atoms with Crippen molar-refractivity contribution in [3.63, 3.8) is 0 Å². The third-order valence-corrected chi connectivity index (χ3v) is 6.87. The van der Waals surface area contributed by atoms with Crippen molar-refractivity contribution in [3.8, 4) is 0 Å². The van der Waals surface area contributed by atoms with Crippen LogP contribution >= 0.6 is 31.9 Å². The molecule has 5 nitrogen and oxygen atoms in total. The molecule has 1 aliphatic rings. The Balaban J connectivity index is 2.35. The van der Waals surface area contributed by atoms with Gasteiger partial charge in [0.15, 0.2) is 0 Å². The van der Waals surface area contributed by atoms with E-state index >= 15 is 0 Å². The summed E-state index contributed by atoms with van der Waals surface area (Å²) < 4.78 is 27.5. The monoisotopic (exact) mass is 426 g/mol. The number of sulfonamides is 1. The standard InChI is InChI=1S/C12H16Br2N2O3S/c1-7(2)12(17)5-16(6-12)20(18,19)11-9(14)3-8(13)4-10(11)15/h3-4,7,17H,5-6,15H2,1-2H3. The third kappa shape index (κ3) is 2.64. The Morgan fingerprint density at radius 3 is 2.35 bits per heavy atom. The summed E-state index contributed by atoms with van der Waals surface area (Å²) in [7, 11) is -3.70. The normalized spacial score (nSPS) is 19.1. The number of β-amino-alcohol motifs (C(OH)–C–C–N with tert-alkyl or cyclic N) is 1. The van der Waals surface area contributed by atoms with E-state index in [1.165, 1.54) is 4.31 Å². The smallest absolute Gasteiger partial charge is 0.246 e. The zero-order chi connectivity index (χ0) is 15.3. The summed E-state index contributed by atoms with van der Waals surface area (Å²) in [6, 6.07) is 3.18. The summed E-state index contributed by atoms with van der Waals surface area (Å²) in [5, 5.41) is 10.2. The van der Waals surface area contributed by atoms with E-state index in [0.717, 1.165) is 0 Å². The molecule has 0 saturated carbocycles. The van der Waals surface area contributed by atoms with Gasteiger partial charge in [-0.2, -0.15) is 4.31 Å². The summed E-state index contributed by atoms with van der Waals surface area (Å²) in [4.78, 5) is 0.0477. The Kier molecular flexibility index (Phi) is 4.25. The van der Waals surface area contributed by atoms with Gasteiger partial charge in [-0.25, -0.2) is 8.42 Å². The number of nitrogens with two attached hydrogens (primary N) is 1. The number of anilines is 1. The minimum atomic E-state index is -3.70.